The molecule has 0 fully saturated rings. The number of ether oxygens (including phenoxy) is 3. The molecule has 4 nitrogen and oxygen atoms in total. The number of nitrogens with two attached hydrogens (primary N) is 1. The van der Waals surface area contributed by atoms with Crippen LogP contribution in [-0.2, 0) is 9.47 Å². The van der Waals surface area contributed by atoms with Crippen molar-refractivity contribution in [3.63, 3.8) is 0 Å². The van der Waals surface area contributed by atoms with Crippen molar-refractivity contribution in [3.05, 3.63) is 21.6 Å². The number of halogens is 2. The smallest absolute Gasteiger partial charge is 0.156 e. The summed E-state index contributed by atoms with van der Waals surface area (Å²) in [6, 6.07) is 3.38. The lowest BCUT2D eigenvalue weighted by Gasteiger charge is -2.11. The topological polar surface area (TPSA) is 53.7 Å². The van der Waals surface area contributed by atoms with Crippen LogP contribution in [0.25, 0.3) is 0 Å². The first-order chi connectivity index (χ1) is 8.15. The molecule has 0 aliphatic carbocycles. The van der Waals surface area contributed by atoms with Crippen molar-refractivity contribution in [1.29, 1.82) is 0 Å². The first kappa shape index (κ1) is 14.6. The van der Waals surface area contributed by atoms with Crippen LogP contribution in [0.1, 0.15) is 0 Å². The fourth-order valence-electron chi connectivity index (χ4n) is 1.18. The highest BCUT2D eigenvalue weighted by Crippen LogP contribution is 2.34. The molecule has 1 rings (SSSR count). The van der Waals surface area contributed by atoms with Crippen LogP contribution >= 0.6 is 27.5 Å². The number of methoxy groups -OCH3 is 1. The minimum atomic E-state index is 0.425. The molecular weight excluding hydrogens is 309 g/mol. The first-order valence-corrected chi connectivity index (χ1v) is 6.26. The van der Waals surface area contributed by atoms with Crippen LogP contribution in [0.2, 0.25) is 5.02 Å². The standard InChI is InChI=1S/C11H15BrClNO3/c1-15-2-3-16-4-5-17-11-9(12)6-8(13)7-10(11)14/h6-7H,2-5,14H2,1H3. The van der Waals surface area contributed by atoms with Crippen molar-refractivity contribution in [2.24, 2.45) is 0 Å². The van der Waals surface area contributed by atoms with Gasteiger partial charge in [0.15, 0.2) is 5.75 Å². The Morgan fingerprint density at radius 2 is 1.94 bits per heavy atom. The van der Waals surface area contributed by atoms with E-state index >= 15 is 0 Å². The molecule has 0 heterocycles. The Morgan fingerprint density at radius 3 is 2.59 bits per heavy atom. The fraction of sp³-hybridized carbons (Fsp3) is 0.455. The SMILES string of the molecule is COCCOCCOc1c(N)cc(Cl)cc1Br. The highest BCUT2D eigenvalue weighted by molar-refractivity contribution is 9.10. The van der Waals surface area contributed by atoms with Crippen molar-refractivity contribution < 1.29 is 14.2 Å². The number of benzene rings is 1. The van der Waals surface area contributed by atoms with Crippen LogP contribution in [0, 0.1) is 0 Å². The highest BCUT2D eigenvalue weighted by Gasteiger charge is 2.07. The molecule has 1 aromatic rings. The third kappa shape index (κ3) is 5.12. The average molecular weight is 325 g/mol. The van der Waals surface area contributed by atoms with E-state index in [1.807, 2.05) is 0 Å². The van der Waals surface area contributed by atoms with Gasteiger partial charge in [0.2, 0.25) is 0 Å². The van der Waals surface area contributed by atoms with Crippen molar-refractivity contribution in [3.8, 4) is 5.75 Å². The summed E-state index contributed by atoms with van der Waals surface area (Å²) in [6.07, 6.45) is 0. The van der Waals surface area contributed by atoms with Gasteiger partial charge in [0, 0.05) is 12.1 Å². The summed E-state index contributed by atoms with van der Waals surface area (Å²) in [5.41, 5.74) is 6.29. The summed E-state index contributed by atoms with van der Waals surface area (Å²) < 4.78 is 16.4. The molecular formula is C11H15BrClNO3. The van der Waals surface area contributed by atoms with E-state index in [9.17, 15) is 0 Å². The quantitative estimate of drug-likeness (QED) is 0.619. The summed E-state index contributed by atoms with van der Waals surface area (Å²) in [7, 11) is 1.63. The minimum Gasteiger partial charge on any atom is -0.488 e. The van der Waals surface area contributed by atoms with E-state index in [2.05, 4.69) is 15.9 Å². The van der Waals surface area contributed by atoms with Crippen LogP contribution < -0.4 is 10.5 Å². The molecule has 0 saturated heterocycles. The van der Waals surface area contributed by atoms with E-state index in [0.717, 1.165) is 4.47 Å². The van der Waals surface area contributed by atoms with Crippen LogP contribution in [0.15, 0.2) is 16.6 Å². The number of rotatable bonds is 7. The second kappa shape index (κ2) is 7.76. The Bertz CT molecular complexity index is 340. The van der Waals surface area contributed by atoms with E-state index in [-0.39, 0.29) is 0 Å². The zero-order valence-electron chi connectivity index (χ0n) is 9.54. The molecule has 0 aromatic heterocycles. The second-order valence-corrected chi connectivity index (χ2v) is 4.55. The van der Waals surface area contributed by atoms with Gasteiger partial charge in [-0.2, -0.15) is 0 Å². The molecule has 0 aliphatic rings. The molecule has 0 radical (unpaired) electrons. The van der Waals surface area contributed by atoms with Gasteiger partial charge in [-0.15, -0.1) is 0 Å². The second-order valence-electron chi connectivity index (χ2n) is 3.26. The lowest BCUT2D eigenvalue weighted by molar-refractivity contribution is 0.0544. The van der Waals surface area contributed by atoms with Gasteiger partial charge < -0.3 is 19.9 Å². The molecule has 1 aromatic carbocycles. The minimum absolute atomic E-state index is 0.425. The van der Waals surface area contributed by atoms with Crippen LogP contribution in [0.5, 0.6) is 5.75 Å². The Balaban J connectivity index is 2.36. The molecule has 0 unspecified atom stereocenters. The van der Waals surface area contributed by atoms with E-state index in [4.69, 9.17) is 31.5 Å². The van der Waals surface area contributed by atoms with Crippen molar-refractivity contribution in [2.45, 2.75) is 0 Å². The Hall–Kier alpha value is -0.490. The molecule has 0 saturated carbocycles. The fourth-order valence-corrected chi connectivity index (χ4v) is 2.13. The van der Waals surface area contributed by atoms with Crippen LogP contribution in [0.4, 0.5) is 5.69 Å². The van der Waals surface area contributed by atoms with Crippen LogP contribution in [-0.4, -0.2) is 33.5 Å². The molecule has 0 atom stereocenters. The summed E-state index contributed by atoms with van der Waals surface area (Å²) in [5, 5.41) is 0.568. The molecule has 2 N–H and O–H groups in total. The summed E-state index contributed by atoms with van der Waals surface area (Å²) >= 11 is 9.18. The van der Waals surface area contributed by atoms with Gasteiger partial charge in [0.25, 0.3) is 0 Å². The molecule has 96 valence electrons. The first-order valence-electron chi connectivity index (χ1n) is 5.09. The van der Waals surface area contributed by atoms with Gasteiger partial charge in [-0.1, -0.05) is 11.6 Å². The molecule has 0 bridgehead atoms. The largest absolute Gasteiger partial charge is 0.488 e. The van der Waals surface area contributed by atoms with Crippen molar-refractivity contribution in [1.82, 2.24) is 0 Å². The van der Waals surface area contributed by atoms with Crippen LogP contribution in [0.3, 0.4) is 0 Å². The zero-order chi connectivity index (χ0) is 12.7. The van der Waals surface area contributed by atoms with E-state index in [1.165, 1.54) is 0 Å². The summed E-state index contributed by atoms with van der Waals surface area (Å²) in [4.78, 5) is 0. The third-order valence-corrected chi connectivity index (χ3v) is 2.75. The third-order valence-electron chi connectivity index (χ3n) is 1.94. The highest BCUT2D eigenvalue weighted by atomic mass is 79.9. The maximum atomic E-state index is 5.84. The maximum absolute atomic E-state index is 5.84. The number of hydrogen-bond acceptors (Lipinski definition) is 4. The van der Waals surface area contributed by atoms with Gasteiger partial charge in [-0.05, 0) is 28.1 Å². The average Bonchev–Trinajstić information content (AvgIpc) is 2.26. The lowest BCUT2D eigenvalue weighted by Crippen LogP contribution is -2.11. The molecule has 0 amide bonds. The zero-order valence-corrected chi connectivity index (χ0v) is 11.9. The number of anilines is 1. The molecule has 0 aliphatic heterocycles. The van der Waals surface area contributed by atoms with Gasteiger partial charge >= 0.3 is 0 Å². The normalized spacial score (nSPS) is 10.5. The maximum Gasteiger partial charge on any atom is 0.156 e. The summed E-state index contributed by atoms with van der Waals surface area (Å²) in [6.45, 7) is 2.04. The predicted molar refractivity (Wildman–Crippen MR) is 71.8 cm³/mol. The molecule has 0 spiro atoms. The van der Waals surface area contributed by atoms with Gasteiger partial charge in [0.1, 0.15) is 6.61 Å². The molecule has 6 heteroatoms. The monoisotopic (exact) mass is 323 g/mol. The van der Waals surface area contributed by atoms with E-state index in [1.54, 1.807) is 19.2 Å². The lowest BCUT2D eigenvalue weighted by atomic mass is 10.3. The Kier molecular flexibility index (Phi) is 6.65. The Labute approximate surface area is 114 Å². The predicted octanol–water partition coefficient (Wildman–Crippen LogP) is 2.73. The van der Waals surface area contributed by atoms with E-state index < -0.39 is 0 Å². The number of nitrogen functional groups attached to an aromatic ring is 1. The summed E-state index contributed by atoms with van der Waals surface area (Å²) in [5.74, 6) is 0.588. The van der Waals surface area contributed by atoms with Crippen molar-refractivity contribution >= 4 is 33.2 Å². The van der Waals surface area contributed by atoms with Gasteiger partial charge in [-0.25, -0.2) is 0 Å². The van der Waals surface area contributed by atoms with Gasteiger partial charge in [0.05, 0.1) is 30.0 Å². The van der Waals surface area contributed by atoms with Gasteiger partial charge in [-0.3, -0.25) is 0 Å². The van der Waals surface area contributed by atoms with Crippen molar-refractivity contribution in [2.75, 3.05) is 39.3 Å². The molecule has 17 heavy (non-hydrogen) atoms. The van der Waals surface area contributed by atoms with E-state index in [0.29, 0.717) is 42.9 Å². The Morgan fingerprint density at radius 1 is 1.24 bits per heavy atom. The number of hydrogen-bond donors (Lipinski definition) is 1.